The van der Waals surface area contributed by atoms with Crippen molar-refractivity contribution in [1.29, 1.82) is 0 Å². The van der Waals surface area contributed by atoms with Crippen molar-refractivity contribution in [3.63, 3.8) is 0 Å². The van der Waals surface area contributed by atoms with Gasteiger partial charge in [-0.1, -0.05) is 36.4 Å². The first-order valence-corrected chi connectivity index (χ1v) is 7.11. The second-order valence-corrected chi connectivity index (χ2v) is 4.84. The number of aromatic hydroxyl groups is 1. The maximum Gasteiger partial charge on any atom is 0.408 e. The van der Waals surface area contributed by atoms with Crippen LogP contribution in [0.25, 0.3) is 16.5 Å². The number of hydrogen-bond donors (Lipinski definition) is 1. The number of ether oxygens (including phenoxy) is 1. The van der Waals surface area contributed by atoms with Crippen molar-refractivity contribution in [2.24, 2.45) is 0 Å². The summed E-state index contributed by atoms with van der Waals surface area (Å²) in [5.74, 6) is -0.616. The highest BCUT2D eigenvalue weighted by atomic mass is 16.5. The van der Waals surface area contributed by atoms with Crippen molar-refractivity contribution in [2.75, 3.05) is 6.61 Å². The van der Waals surface area contributed by atoms with Crippen LogP contribution in [0.5, 0.6) is 5.75 Å². The van der Waals surface area contributed by atoms with Crippen LogP contribution in [-0.2, 0) is 4.74 Å². The van der Waals surface area contributed by atoms with E-state index in [1.54, 1.807) is 17.6 Å². The molecule has 4 nitrogen and oxygen atoms in total. The molecule has 0 atom stereocenters. The summed E-state index contributed by atoms with van der Waals surface area (Å²) in [4.78, 5) is 12.3. The van der Waals surface area contributed by atoms with Gasteiger partial charge < -0.3 is 9.84 Å². The fraction of sp³-hybridized carbons (Fsp3) is 0.111. The maximum atomic E-state index is 12.3. The first kappa shape index (κ1) is 14.1. The van der Waals surface area contributed by atoms with Gasteiger partial charge in [0.2, 0.25) is 11.4 Å². The van der Waals surface area contributed by atoms with E-state index in [-0.39, 0.29) is 18.1 Å². The molecule has 1 heterocycles. The Kier molecular flexibility index (Phi) is 3.74. The number of fused-ring (bicyclic) bond motifs is 1. The van der Waals surface area contributed by atoms with E-state index >= 15 is 0 Å². The van der Waals surface area contributed by atoms with Crippen LogP contribution in [0.4, 0.5) is 0 Å². The summed E-state index contributed by atoms with van der Waals surface area (Å²) >= 11 is 0. The SMILES string of the molecule is CCOC(=O)c1c(O)c2ccccc2c[n+]1-c1ccccc1. The molecule has 0 saturated heterocycles. The van der Waals surface area contributed by atoms with Gasteiger partial charge in [0.05, 0.1) is 6.61 Å². The average Bonchev–Trinajstić information content (AvgIpc) is 2.55. The lowest BCUT2D eigenvalue weighted by Crippen LogP contribution is -2.38. The summed E-state index contributed by atoms with van der Waals surface area (Å²) in [5, 5.41) is 12.0. The monoisotopic (exact) mass is 294 g/mol. The van der Waals surface area contributed by atoms with Gasteiger partial charge in [-0.2, -0.15) is 4.57 Å². The van der Waals surface area contributed by atoms with Gasteiger partial charge in [-0.15, -0.1) is 0 Å². The van der Waals surface area contributed by atoms with E-state index < -0.39 is 5.97 Å². The Morgan fingerprint density at radius 2 is 1.77 bits per heavy atom. The first-order valence-electron chi connectivity index (χ1n) is 7.11. The zero-order chi connectivity index (χ0) is 15.5. The van der Waals surface area contributed by atoms with Gasteiger partial charge in [-0.25, -0.2) is 4.79 Å². The lowest BCUT2D eigenvalue weighted by Gasteiger charge is -2.07. The van der Waals surface area contributed by atoms with Crippen LogP contribution in [0.1, 0.15) is 17.4 Å². The van der Waals surface area contributed by atoms with Crippen LogP contribution < -0.4 is 4.57 Å². The zero-order valence-corrected chi connectivity index (χ0v) is 12.2. The third-order valence-electron chi connectivity index (χ3n) is 3.45. The summed E-state index contributed by atoms with van der Waals surface area (Å²) in [6.45, 7) is 1.99. The number of para-hydroxylation sites is 1. The molecular weight excluding hydrogens is 278 g/mol. The number of pyridine rings is 1. The van der Waals surface area contributed by atoms with Crippen LogP contribution in [0.2, 0.25) is 0 Å². The molecule has 0 bridgehead atoms. The third-order valence-corrected chi connectivity index (χ3v) is 3.45. The minimum Gasteiger partial charge on any atom is -0.502 e. The summed E-state index contributed by atoms with van der Waals surface area (Å²) < 4.78 is 6.76. The molecule has 110 valence electrons. The van der Waals surface area contributed by atoms with Crippen molar-refractivity contribution < 1.29 is 19.2 Å². The largest absolute Gasteiger partial charge is 0.502 e. The molecule has 4 heteroatoms. The van der Waals surface area contributed by atoms with E-state index in [0.717, 1.165) is 11.1 Å². The van der Waals surface area contributed by atoms with E-state index in [4.69, 9.17) is 4.74 Å². The van der Waals surface area contributed by atoms with Gasteiger partial charge in [0.1, 0.15) is 0 Å². The van der Waals surface area contributed by atoms with E-state index in [1.165, 1.54) is 0 Å². The Balaban J connectivity index is 2.33. The van der Waals surface area contributed by atoms with Crippen molar-refractivity contribution in [2.45, 2.75) is 6.92 Å². The fourth-order valence-corrected chi connectivity index (χ4v) is 2.46. The van der Waals surface area contributed by atoms with Crippen LogP contribution in [0, 0.1) is 0 Å². The molecule has 3 aromatic rings. The molecule has 0 fully saturated rings. The molecule has 0 amide bonds. The number of nitrogens with zero attached hydrogens (tertiary/aromatic N) is 1. The van der Waals surface area contributed by atoms with Gasteiger partial charge in [-0.3, -0.25) is 0 Å². The second-order valence-electron chi connectivity index (χ2n) is 4.84. The Hall–Kier alpha value is -2.88. The smallest absolute Gasteiger partial charge is 0.408 e. The second kappa shape index (κ2) is 5.85. The van der Waals surface area contributed by atoms with Crippen LogP contribution in [0.15, 0.2) is 60.8 Å². The Bertz CT molecular complexity index is 828. The number of esters is 1. The molecule has 0 aliphatic heterocycles. The number of rotatable bonds is 3. The highest BCUT2D eigenvalue weighted by Crippen LogP contribution is 2.27. The van der Waals surface area contributed by atoms with Crippen molar-refractivity contribution in [1.82, 2.24) is 0 Å². The van der Waals surface area contributed by atoms with Gasteiger partial charge >= 0.3 is 11.7 Å². The van der Waals surface area contributed by atoms with Crippen molar-refractivity contribution >= 4 is 16.7 Å². The summed E-state index contributed by atoms with van der Waals surface area (Å²) in [6.07, 6.45) is 1.83. The molecule has 22 heavy (non-hydrogen) atoms. The van der Waals surface area contributed by atoms with Gasteiger partial charge in [0.25, 0.3) is 0 Å². The topological polar surface area (TPSA) is 50.4 Å². The Labute approximate surface area is 128 Å². The highest BCUT2D eigenvalue weighted by Gasteiger charge is 2.29. The minimum atomic E-state index is -0.547. The van der Waals surface area contributed by atoms with Crippen LogP contribution in [-0.4, -0.2) is 17.7 Å². The molecule has 0 aliphatic carbocycles. The first-order chi connectivity index (χ1) is 10.7. The molecular formula is C18H16NO3+. The van der Waals surface area contributed by atoms with E-state index in [0.29, 0.717) is 5.39 Å². The summed E-state index contributed by atoms with van der Waals surface area (Å²) in [6, 6.07) is 16.8. The van der Waals surface area contributed by atoms with E-state index in [2.05, 4.69) is 0 Å². The molecule has 0 unspecified atom stereocenters. The van der Waals surface area contributed by atoms with E-state index in [9.17, 15) is 9.90 Å². The quantitative estimate of drug-likeness (QED) is 0.597. The van der Waals surface area contributed by atoms with Crippen LogP contribution >= 0.6 is 0 Å². The van der Waals surface area contributed by atoms with Gasteiger partial charge in [-0.05, 0) is 13.0 Å². The predicted octanol–water partition coefficient (Wildman–Crippen LogP) is 3.00. The normalized spacial score (nSPS) is 10.6. The number of benzene rings is 2. The molecule has 1 N–H and O–H groups in total. The highest BCUT2D eigenvalue weighted by molar-refractivity contribution is 5.97. The van der Waals surface area contributed by atoms with Gasteiger partial charge in [0, 0.05) is 22.9 Å². The Morgan fingerprint density at radius 1 is 1.09 bits per heavy atom. The maximum absolute atomic E-state index is 12.3. The fourth-order valence-electron chi connectivity index (χ4n) is 2.46. The molecule has 2 aromatic carbocycles. The minimum absolute atomic E-state index is 0.0691. The molecule has 0 aliphatic rings. The molecule has 1 aromatic heterocycles. The molecule has 0 saturated carbocycles. The third kappa shape index (κ3) is 2.39. The average molecular weight is 294 g/mol. The lowest BCUT2D eigenvalue weighted by molar-refractivity contribution is -0.597. The van der Waals surface area contributed by atoms with Gasteiger partial charge in [0.15, 0.2) is 6.20 Å². The lowest BCUT2D eigenvalue weighted by atomic mass is 10.1. The number of carbonyl (C=O) groups excluding carboxylic acids is 1. The molecule has 0 radical (unpaired) electrons. The number of hydrogen-bond acceptors (Lipinski definition) is 3. The Morgan fingerprint density at radius 3 is 2.50 bits per heavy atom. The standard InChI is InChI=1S/C18H15NO3/c1-2-22-18(21)16-17(20)15-11-7-6-8-13(15)12-19(16)14-9-4-3-5-10-14/h3-12H,2H2,1H3/p+1. The summed E-state index contributed by atoms with van der Waals surface area (Å²) in [7, 11) is 0. The van der Waals surface area contributed by atoms with Crippen molar-refractivity contribution in [3.8, 4) is 11.4 Å². The molecule has 3 rings (SSSR count). The van der Waals surface area contributed by atoms with Crippen molar-refractivity contribution in [3.05, 3.63) is 66.5 Å². The summed E-state index contributed by atoms with van der Waals surface area (Å²) in [5.41, 5.74) is 0.915. The molecule has 0 spiro atoms. The predicted molar refractivity (Wildman–Crippen MR) is 83.1 cm³/mol. The number of carbonyl (C=O) groups is 1. The van der Waals surface area contributed by atoms with Crippen LogP contribution in [0.3, 0.4) is 0 Å². The zero-order valence-electron chi connectivity index (χ0n) is 12.2. The number of aromatic nitrogens is 1. The van der Waals surface area contributed by atoms with E-state index in [1.807, 2.05) is 54.7 Å².